The van der Waals surface area contributed by atoms with Gasteiger partial charge in [-0.3, -0.25) is 0 Å². The van der Waals surface area contributed by atoms with E-state index in [2.05, 4.69) is 152 Å². The third kappa shape index (κ3) is 5.76. The maximum absolute atomic E-state index is 5.35. The van der Waals surface area contributed by atoms with Crippen molar-refractivity contribution in [3.05, 3.63) is 194 Å². The lowest BCUT2D eigenvalue weighted by Gasteiger charge is -2.14. The third-order valence-corrected chi connectivity index (χ3v) is 10.1. The van der Waals surface area contributed by atoms with Gasteiger partial charge in [-0.2, -0.15) is 0 Å². The highest BCUT2D eigenvalue weighted by Crippen LogP contribution is 2.39. The van der Waals surface area contributed by atoms with Gasteiger partial charge in [0.15, 0.2) is 5.82 Å². The average molecular weight is 689 g/mol. The van der Waals surface area contributed by atoms with Gasteiger partial charge in [0.2, 0.25) is 0 Å². The molecule has 54 heavy (non-hydrogen) atoms. The zero-order valence-corrected chi connectivity index (χ0v) is 29.3. The van der Waals surface area contributed by atoms with Crippen molar-refractivity contribution in [3.63, 3.8) is 0 Å². The maximum Gasteiger partial charge on any atom is 0.160 e. The predicted octanol–water partition coefficient (Wildman–Crippen LogP) is 12.7. The van der Waals surface area contributed by atoms with Crippen molar-refractivity contribution in [1.82, 2.24) is 19.9 Å². The average Bonchev–Trinajstić information content (AvgIpc) is 3.26. The Labute approximate surface area is 313 Å². The van der Waals surface area contributed by atoms with Crippen molar-refractivity contribution in [2.24, 2.45) is 0 Å². The molecule has 10 aromatic rings. The van der Waals surface area contributed by atoms with Gasteiger partial charge in [0.25, 0.3) is 0 Å². The summed E-state index contributed by atoms with van der Waals surface area (Å²) in [4.78, 5) is 20.8. The quantitative estimate of drug-likeness (QED) is 0.163. The first-order valence-electron chi connectivity index (χ1n) is 18.1. The fourth-order valence-corrected chi connectivity index (χ4v) is 7.41. The number of rotatable bonds is 6. The maximum atomic E-state index is 5.35. The number of para-hydroxylation sites is 1. The van der Waals surface area contributed by atoms with Gasteiger partial charge in [-0.15, -0.1) is 0 Å². The van der Waals surface area contributed by atoms with Crippen molar-refractivity contribution in [2.45, 2.75) is 0 Å². The molecule has 4 heteroatoms. The molecule has 0 spiro atoms. The summed E-state index contributed by atoms with van der Waals surface area (Å²) in [5.74, 6) is 0.680. The standard InChI is InChI=1S/C50H32N4/c1-4-14-33(15-5-1)36-20-12-21-37(30-36)46-32-47(54-50(53-46)35-18-8-3-9-19-35)38-22-13-23-39(31-38)49-48-41(40-24-10-11-25-44(40)52-49)26-29-45-42(48)27-28-43(51-45)34-16-6-2-7-17-34/h1-32H. The Morgan fingerprint density at radius 1 is 0.259 bits per heavy atom. The summed E-state index contributed by atoms with van der Waals surface area (Å²) < 4.78 is 0. The minimum atomic E-state index is 0.680. The van der Waals surface area contributed by atoms with Gasteiger partial charge in [-0.25, -0.2) is 19.9 Å². The molecule has 0 amide bonds. The molecule has 0 aliphatic heterocycles. The Balaban J connectivity index is 1.16. The number of fused-ring (bicyclic) bond motifs is 5. The summed E-state index contributed by atoms with van der Waals surface area (Å²) >= 11 is 0. The first-order chi connectivity index (χ1) is 26.7. The zero-order valence-electron chi connectivity index (χ0n) is 29.3. The third-order valence-electron chi connectivity index (χ3n) is 10.1. The van der Waals surface area contributed by atoms with E-state index in [0.717, 1.165) is 88.7 Å². The van der Waals surface area contributed by atoms with Crippen molar-refractivity contribution in [1.29, 1.82) is 0 Å². The summed E-state index contributed by atoms with van der Waals surface area (Å²) in [5.41, 5.74) is 12.8. The summed E-state index contributed by atoms with van der Waals surface area (Å²) in [5, 5.41) is 4.42. The molecule has 0 unspecified atom stereocenters. The van der Waals surface area contributed by atoms with Crippen LogP contribution in [0.2, 0.25) is 0 Å². The molecule has 0 fully saturated rings. The minimum absolute atomic E-state index is 0.680. The van der Waals surface area contributed by atoms with Gasteiger partial charge in [-0.1, -0.05) is 152 Å². The fraction of sp³-hybridized carbons (Fsp3) is 0. The van der Waals surface area contributed by atoms with Crippen LogP contribution in [0.25, 0.3) is 100 Å². The van der Waals surface area contributed by atoms with Crippen LogP contribution in [0.3, 0.4) is 0 Å². The zero-order chi connectivity index (χ0) is 35.8. The van der Waals surface area contributed by atoms with Crippen LogP contribution in [0.1, 0.15) is 0 Å². The fourth-order valence-electron chi connectivity index (χ4n) is 7.41. The summed E-state index contributed by atoms with van der Waals surface area (Å²) in [6.45, 7) is 0. The molecule has 0 aliphatic rings. The molecular formula is C50H32N4. The van der Waals surface area contributed by atoms with E-state index in [1.54, 1.807) is 0 Å². The van der Waals surface area contributed by atoms with Gasteiger partial charge in [0, 0.05) is 44.0 Å². The van der Waals surface area contributed by atoms with Crippen LogP contribution in [0.5, 0.6) is 0 Å². The van der Waals surface area contributed by atoms with Gasteiger partial charge in [0.05, 0.1) is 33.8 Å². The number of hydrogen-bond acceptors (Lipinski definition) is 4. The molecule has 4 nitrogen and oxygen atoms in total. The summed E-state index contributed by atoms with van der Waals surface area (Å²) in [6.07, 6.45) is 0. The van der Waals surface area contributed by atoms with Crippen molar-refractivity contribution in [2.75, 3.05) is 0 Å². The van der Waals surface area contributed by atoms with E-state index in [4.69, 9.17) is 19.9 Å². The molecule has 0 atom stereocenters. The van der Waals surface area contributed by atoms with Gasteiger partial charge < -0.3 is 0 Å². The van der Waals surface area contributed by atoms with E-state index in [1.165, 1.54) is 5.56 Å². The van der Waals surface area contributed by atoms with E-state index < -0.39 is 0 Å². The van der Waals surface area contributed by atoms with E-state index in [-0.39, 0.29) is 0 Å². The second kappa shape index (κ2) is 13.4. The highest BCUT2D eigenvalue weighted by atomic mass is 14.9. The first kappa shape index (κ1) is 31.4. The van der Waals surface area contributed by atoms with E-state index >= 15 is 0 Å². The van der Waals surface area contributed by atoms with E-state index in [1.807, 2.05) is 42.5 Å². The molecule has 0 aliphatic carbocycles. The summed E-state index contributed by atoms with van der Waals surface area (Å²) in [7, 11) is 0. The molecular weight excluding hydrogens is 657 g/mol. The van der Waals surface area contributed by atoms with Crippen LogP contribution in [0.4, 0.5) is 0 Å². The minimum Gasteiger partial charge on any atom is -0.248 e. The number of hydrogen-bond donors (Lipinski definition) is 0. The van der Waals surface area contributed by atoms with Crippen molar-refractivity contribution in [3.8, 4) is 67.5 Å². The lowest BCUT2D eigenvalue weighted by Crippen LogP contribution is -1.97. The van der Waals surface area contributed by atoms with Gasteiger partial charge >= 0.3 is 0 Å². The largest absolute Gasteiger partial charge is 0.248 e. The number of pyridine rings is 2. The second-order valence-corrected chi connectivity index (χ2v) is 13.5. The Morgan fingerprint density at radius 2 is 0.796 bits per heavy atom. The normalized spacial score (nSPS) is 11.3. The molecule has 7 aromatic carbocycles. The SMILES string of the molecule is c1ccc(-c2cccc(-c3cc(-c4cccc(-c5nc6ccccc6c6ccc7nc(-c8ccccc8)ccc7c56)c4)nc(-c4ccccc4)n3)c2)cc1. The Hall–Kier alpha value is -7.30. The number of benzene rings is 7. The van der Waals surface area contributed by atoms with Crippen LogP contribution in [0.15, 0.2) is 194 Å². The molecule has 0 radical (unpaired) electrons. The summed E-state index contributed by atoms with van der Waals surface area (Å²) in [6, 6.07) is 67.3. The molecule has 10 rings (SSSR count). The van der Waals surface area contributed by atoms with Crippen LogP contribution < -0.4 is 0 Å². The molecule has 0 bridgehead atoms. The molecule has 3 heterocycles. The monoisotopic (exact) mass is 688 g/mol. The van der Waals surface area contributed by atoms with Crippen LogP contribution in [0, 0.1) is 0 Å². The molecule has 252 valence electrons. The van der Waals surface area contributed by atoms with Gasteiger partial charge in [0.1, 0.15) is 0 Å². The lowest BCUT2D eigenvalue weighted by atomic mass is 9.95. The first-order valence-corrected chi connectivity index (χ1v) is 18.1. The van der Waals surface area contributed by atoms with Crippen molar-refractivity contribution < 1.29 is 0 Å². The molecule has 0 saturated carbocycles. The molecule has 0 saturated heterocycles. The van der Waals surface area contributed by atoms with Crippen LogP contribution in [-0.2, 0) is 0 Å². The van der Waals surface area contributed by atoms with Crippen LogP contribution in [-0.4, -0.2) is 19.9 Å². The Morgan fingerprint density at radius 3 is 1.52 bits per heavy atom. The van der Waals surface area contributed by atoms with Gasteiger partial charge in [-0.05, 0) is 59.0 Å². The van der Waals surface area contributed by atoms with E-state index in [9.17, 15) is 0 Å². The number of aromatic nitrogens is 4. The highest BCUT2D eigenvalue weighted by Gasteiger charge is 2.17. The topological polar surface area (TPSA) is 51.6 Å². The Bertz CT molecular complexity index is 2980. The second-order valence-electron chi connectivity index (χ2n) is 13.5. The molecule has 3 aromatic heterocycles. The Kier molecular flexibility index (Phi) is 7.77. The smallest absolute Gasteiger partial charge is 0.160 e. The lowest BCUT2D eigenvalue weighted by molar-refractivity contribution is 1.18. The number of nitrogens with zero attached hydrogens (tertiary/aromatic N) is 4. The highest BCUT2D eigenvalue weighted by molar-refractivity contribution is 6.20. The van der Waals surface area contributed by atoms with Crippen LogP contribution >= 0.6 is 0 Å². The van der Waals surface area contributed by atoms with E-state index in [0.29, 0.717) is 5.82 Å². The predicted molar refractivity (Wildman–Crippen MR) is 223 cm³/mol. The molecule has 0 N–H and O–H groups in total. The van der Waals surface area contributed by atoms with Crippen molar-refractivity contribution >= 4 is 32.6 Å².